The van der Waals surface area contributed by atoms with Crippen molar-refractivity contribution in [1.82, 2.24) is 0 Å². The molecule has 2 fully saturated rings. The zero-order valence-electron chi connectivity index (χ0n) is 10.0. The Labute approximate surface area is 98.0 Å². The number of benzene rings is 1. The average Bonchev–Trinajstić information content (AvgIpc) is 2.87. The molecule has 86 valence electrons. The fraction of sp³-hybridized carbons (Fsp3) is 0.600. The number of hydrogen-bond donors (Lipinski definition) is 1. The van der Waals surface area contributed by atoms with E-state index >= 15 is 0 Å². The monoisotopic (exact) mass is 215 g/mol. The van der Waals surface area contributed by atoms with E-state index in [1.54, 1.807) is 0 Å². The standard InChI is InChI=1S/C15H21N/c1-2-15-9-8-12(10-15)13(14(15)16)11-6-4-3-5-7-11/h3-7,12-14H,2,8-10,16H2,1H3. The van der Waals surface area contributed by atoms with E-state index in [4.69, 9.17) is 5.73 Å². The molecule has 0 radical (unpaired) electrons. The Morgan fingerprint density at radius 1 is 1.31 bits per heavy atom. The van der Waals surface area contributed by atoms with E-state index in [0.29, 0.717) is 17.4 Å². The van der Waals surface area contributed by atoms with Gasteiger partial charge in [-0.05, 0) is 42.6 Å². The number of hydrogen-bond acceptors (Lipinski definition) is 1. The van der Waals surface area contributed by atoms with Crippen LogP contribution in [0.15, 0.2) is 30.3 Å². The van der Waals surface area contributed by atoms with Gasteiger partial charge in [-0.3, -0.25) is 0 Å². The van der Waals surface area contributed by atoms with Crippen molar-refractivity contribution in [2.45, 2.75) is 44.6 Å². The fourth-order valence-corrected chi connectivity index (χ4v) is 4.19. The molecule has 1 aromatic rings. The van der Waals surface area contributed by atoms with Crippen molar-refractivity contribution >= 4 is 0 Å². The summed E-state index contributed by atoms with van der Waals surface area (Å²) in [6.45, 7) is 2.32. The molecule has 2 aliphatic carbocycles. The summed E-state index contributed by atoms with van der Waals surface area (Å²) in [7, 11) is 0. The van der Waals surface area contributed by atoms with Crippen LogP contribution in [0.3, 0.4) is 0 Å². The Balaban J connectivity index is 1.94. The van der Waals surface area contributed by atoms with Gasteiger partial charge in [0.25, 0.3) is 0 Å². The van der Waals surface area contributed by atoms with Gasteiger partial charge in [-0.25, -0.2) is 0 Å². The Kier molecular flexibility index (Phi) is 2.32. The molecule has 2 N–H and O–H groups in total. The van der Waals surface area contributed by atoms with Gasteiger partial charge in [0.05, 0.1) is 0 Å². The number of fused-ring (bicyclic) bond motifs is 2. The van der Waals surface area contributed by atoms with Gasteiger partial charge < -0.3 is 5.73 Å². The van der Waals surface area contributed by atoms with E-state index in [1.807, 2.05) is 0 Å². The molecular formula is C15H21N. The van der Waals surface area contributed by atoms with E-state index in [9.17, 15) is 0 Å². The Morgan fingerprint density at radius 3 is 2.69 bits per heavy atom. The van der Waals surface area contributed by atoms with Gasteiger partial charge in [-0.2, -0.15) is 0 Å². The lowest BCUT2D eigenvalue weighted by atomic mass is 9.72. The van der Waals surface area contributed by atoms with Crippen molar-refractivity contribution in [2.24, 2.45) is 17.1 Å². The van der Waals surface area contributed by atoms with Crippen molar-refractivity contribution in [3.63, 3.8) is 0 Å². The third-order valence-corrected chi connectivity index (χ3v) is 5.17. The minimum absolute atomic E-state index is 0.388. The topological polar surface area (TPSA) is 26.0 Å². The highest BCUT2D eigenvalue weighted by atomic mass is 14.8. The van der Waals surface area contributed by atoms with Gasteiger partial charge in [0, 0.05) is 12.0 Å². The summed E-state index contributed by atoms with van der Waals surface area (Å²) >= 11 is 0. The largest absolute Gasteiger partial charge is 0.327 e. The highest BCUT2D eigenvalue weighted by Gasteiger charge is 2.55. The fourth-order valence-electron chi connectivity index (χ4n) is 4.19. The van der Waals surface area contributed by atoms with E-state index in [1.165, 1.54) is 31.2 Å². The molecule has 2 bridgehead atoms. The first kappa shape index (κ1) is 10.3. The molecule has 0 spiro atoms. The van der Waals surface area contributed by atoms with Crippen molar-refractivity contribution in [3.05, 3.63) is 35.9 Å². The first-order chi connectivity index (χ1) is 7.77. The average molecular weight is 215 g/mol. The van der Waals surface area contributed by atoms with Crippen LogP contribution in [0.1, 0.15) is 44.1 Å². The number of rotatable bonds is 2. The third kappa shape index (κ3) is 1.27. The van der Waals surface area contributed by atoms with E-state index in [2.05, 4.69) is 37.3 Å². The van der Waals surface area contributed by atoms with Gasteiger partial charge in [0.1, 0.15) is 0 Å². The molecule has 3 rings (SSSR count). The molecule has 16 heavy (non-hydrogen) atoms. The van der Waals surface area contributed by atoms with Crippen LogP contribution in [-0.4, -0.2) is 6.04 Å². The van der Waals surface area contributed by atoms with Gasteiger partial charge in [0.15, 0.2) is 0 Å². The summed E-state index contributed by atoms with van der Waals surface area (Å²) in [6.07, 6.45) is 5.37. The second-order valence-electron chi connectivity index (χ2n) is 5.68. The van der Waals surface area contributed by atoms with Crippen LogP contribution in [0, 0.1) is 11.3 Å². The smallest absolute Gasteiger partial charge is 0.0167 e. The van der Waals surface area contributed by atoms with Crippen LogP contribution in [0.25, 0.3) is 0 Å². The molecule has 2 saturated carbocycles. The molecule has 4 unspecified atom stereocenters. The molecular weight excluding hydrogens is 194 g/mol. The summed E-state index contributed by atoms with van der Waals surface area (Å²) in [5.74, 6) is 1.47. The summed E-state index contributed by atoms with van der Waals surface area (Å²) in [6, 6.07) is 11.3. The quantitative estimate of drug-likeness (QED) is 0.804. The lowest BCUT2D eigenvalue weighted by Crippen LogP contribution is -2.41. The van der Waals surface area contributed by atoms with Gasteiger partial charge >= 0.3 is 0 Å². The second kappa shape index (κ2) is 3.59. The predicted octanol–water partition coefficient (Wildman–Crippen LogP) is 3.31. The second-order valence-corrected chi connectivity index (χ2v) is 5.68. The summed E-state index contributed by atoms with van der Waals surface area (Å²) in [4.78, 5) is 0. The minimum Gasteiger partial charge on any atom is -0.327 e. The van der Waals surface area contributed by atoms with Crippen LogP contribution in [0.2, 0.25) is 0 Å². The molecule has 4 atom stereocenters. The predicted molar refractivity (Wildman–Crippen MR) is 67.2 cm³/mol. The number of nitrogens with two attached hydrogens (primary N) is 1. The molecule has 0 saturated heterocycles. The summed E-state index contributed by atoms with van der Waals surface area (Å²) in [5, 5.41) is 0. The highest BCUT2D eigenvalue weighted by molar-refractivity contribution is 5.28. The van der Waals surface area contributed by atoms with E-state index in [0.717, 1.165) is 5.92 Å². The maximum atomic E-state index is 6.54. The van der Waals surface area contributed by atoms with Gasteiger partial charge in [-0.15, -0.1) is 0 Å². The summed E-state index contributed by atoms with van der Waals surface area (Å²) in [5.41, 5.74) is 8.47. The molecule has 0 heterocycles. The van der Waals surface area contributed by atoms with Crippen molar-refractivity contribution in [3.8, 4) is 0 Å². The Morgan fingerprint density at radius 2 is 2.06 bits per heavy atom. The molecule has 1 aromatic carbocycles. The minimum atomic E-state index is 0.388. The molecule has 2 aliphatic rings. The molecule has 0 aromatic heterocycles. The molecule has 1 nitrogen and oxygen atoms in total. The van der Waals surface area contributed by atoms with Crippen LogP contribution in [0.5, 0.6) is 0 Å². The maximum absolute atomic E-state index is 6.54. The zero-order chi connectivity index (χ0) is 11.2. The Hall–Kier alpha value is -0.820. The lowest BCUT2D eigenvalue weighted by molar-refractivity contribution is 0.224. The zero-order valence-corrected chi connectivity index (χ0v) is 10.0. The Bertz CT molecular complexity index is 372. The first-order valence-corrected chi connectivity index (χ1v) is 6.57. The third-order valence-electron chi connectivity index (χ3n) is 5.17. The van der Waals surface area contributed by atoms with Crippen molar-refractivity contribution in [1.29, 1.82) is 0 Å². The summed E-state index contributed by atoms with van der Waals surface area (Å²) < 4.78 is 0. The first-order valence-electron chi connectivity index (χ1n) is 6.57. The maximum Gasteiger partial charge on any atom is 0.0167 e. The molecule has 1 heteroatoms. The molecule has 0 aliphatic heterocycles. The molecule has 0 amide bonds. The van der Waals surface area contributed by atoms with Crippen molar-refractivity contribution < 1.29 is 0 Å². The van der Waals surface area contributed by atoms with Crippen molar-refractivity contribution in [2.75, 3.05) is 0 Å². The van der Waals surface area contributed by atoms with Crippen LogP contribution < -0.4 is 5.73 Å². The van der Waals surface area contributed by atoms with Crippen LogP contribution in [0.4, 0.5) is 0 Å². The van der Waals surface area contributed by atoms with Gasteiger partial charge in [-0.1, -0.05) is 37.3 Å². The normalized spacial score (nSPS) is 41.5. The highest BCUT2D eigenvalue weighted by Crippen LogP contribution is 2.60. The van der Waals surface area contributed by atoms with E-state index in [-0.39, 0.29) is 0 Å². The van der Waals surface area contributed by atoms with Crippen LogP contribution >= 0.6 is 0 Å². The van der Waals surface area contributed by atoms with Gasteiger partial charge in [0.2, 0.25) is 0 Å². The van der Waals surface area contributed by atoms with Crippen LogP contribution in [-0.2, 0) is 0 Å². The van der Waals surface area contributed by atoms with E-state index < -0.39 is 0 Å². The lowest BCUT2D eigenvalue weighted by Gasteiger charge is -2.36. The SMILES string of the molecule is CCC12CCC(C1)C(c1ccccc1)C2N.